The lowest BCUT2D eigenvalue weighted by Gasteiger charge is -2.22. The van der Waals surface area contributed by atoms with Gasteiger partial charge in [-0.2, -0.15) is 0 Å². The maximum absolute atomic E-state index is 5.28. The molecule has 0 aromatic carbocycles. The Labute approximate surface area is 97.6 Å². The fourth-order valence-electron chi connectivity index (χ4n) is 2.24. The Balaban J connectivity index is 1.79. The Bertz CT molecular complexity index is 313. The molecule has 1 aliphatic carbocycles. The number of rotatable bonds is 4. The Morgan fingerprint density at radius 3 is 2.75 bits per heavy atom. The Hall–Kier alpha value is -0.830. The number of nitrogens with zero attached hydrogens (tertiary/aromatic N) is 1. The molecule has 3 heteroatoms. The average molecular weight is 222 g/mol. The van der Waals surface area contributed by atoms with Gasteiger partial charge in [-0.05, 0) is 12.8 Å². The van der Waals surface area contributed by atoms with Crippen molar-refractivity contribution >= 4 is 0 Å². The van der Waals surface area contributed by atoms with Gasteiger partial charge in [-0.1, -0.05) is 38.3 Å². The number of nitrogens with one attached hydrogen (secondary N) is 1. The first-order chi connectivity index (χ1) is 7.75. The molecule has 1 aliphatic rings. The summed E-state index contributed by atoms with van der Waals surface area (Å²) in [6.07, 6.45) is 6.77. The van der Waals surface area contributed by atoms with Crippen molar-refractivity contribution in [1.29, 1.82) is 0 Å². The van der Waals surface area contributed by atoms with Crippen LogP contribution in [0.4, 0.5) is 0 Å². The van der Waals surface area contributed by atoms with Crippen molar-refractivity contribution in [3.63, 3.8) is 0 Å². The smallest absolute Gasteiger partial charge is 0.139 e. The monoisotopic (exact) mass is 222 g/mol. The highest BCUT2D eigenvalue weighted by Crippen LogP contribution is 2.18. The lowest BCUT2D eigenvalue weighted by molar-refractivity contribution is 0.349. The summed E-state index contributed by atoms with van der Waals surface area (Å²) >= 11 is 0. The highest BCUT2D eigenvalue weighted by Gasteiger charge is 2.14. The first-order valence-electron chi connectivity index (χ1n) is 6.44. The third-order valence-electron chi connectivity index (χ3n) is 3.32. The average Bonchev–Trinajstić information content (AvgIpc) is 2.76. The van der Waals surface area contributed by atoms with Crippen molar-refractivity contribution in [1.82, 2.24) is 10.5 Å². The van der Waals surface area contributed by atoms with E-state index in [1.807, 2.05) is 0 Å². The largest absolute Gasteiger partial charge is 0.361 e. The minimum Gasteiger partial charge on any atom is -0.361 e. The summed E-state index contributed by atoms with van der Waals surface area (Å²) in [7, 11) is 0. The lowest BCUT2D eigenvalue weighted by Crippen LogP contribution is -2.30. The summed E-state index contributed by atoms with van der Waals surface area (Å²) in [5.41, 5.74) is 1.04. The van der Waals surface area contributed by atoms with Gasteiger partial charge in [-0.3, -0.25) is 0 Å². The van der Waals surface area contributed by atoms with Crippen LogP contribution in [0.3, 0.4) is 0 Å². The molecule has 0 atom stereocenters. The van der Waals surface area contributed by atoms with Crippen LogP contribution in [-0.2, 0) is 6.54 Å². The van der Waals surface area contributed by atoms with E-state index >= 15 is 0 Å². The molecule has 0 bridgehead atoms. The molecule has 1 fully saturated rings. The second-order valence-electron chi connectivity index (χ2n) is 5.09. The fourth-order valence-corrected chi connectivity index (χ4v) is 2.24. The molecule has 1 heterocycles. The predicted molar refractivity (Wildman–Crippen MR) is 64.3 cm³/mol. The SMILES string of the molecule is CC(C)c1cc(CNC2CCCCC2)no1. The Morgan fingerprint density at radius 1 is 1.38 bits per heavy atom. The van der Waals surface area contributed by atoms with Gasteiger partial charge in [0.25, 0.3) is 0 Å². The molecule has 0 aliphatic heterocycles. The van der Waals surface area contributed by atoms with Gasteiger partial charge < -0.3 is 9.84 Å². The summed E-state index contributed by atoms with van der Waals surface area (Å²) in [5.74, 6) is 1.41. The van der Waals surface area contributed by atoms with Crippen LogP contribution in [0.1, 0.15) is 63.3 Å². The molecule has 0 saturated heterocycles. The highest BCUT2D eigenvalue weighted by atomic mass is 16.5. The van der Waals surface area contributed by atoms with Crippen LogP contribution in [0.15, 0.2) is 10.6 Å². The zero-order valence-corrected chi connectivity index (χ0v) is 10.3. The van der Waals surface area contributed by atoms with E-state index in [0.717, 1.165) is 18.0 Å². The van der Waals surface area contributed by atoms with Crippen molar-refractivity contribution < 1.29 is 4.52 Å². The van der Waals surface area contributed by atoms with Gasteiger partial charge in [0.2, 0.25) is 0 Å². The molecule has 0 amide bonds. The zero-order chi connectivity index (χ0) is 11.4. The van der Waals surface area contributed by atoms with Gasteiger partial charge in [0.1, 0.15) is 5.76 Å². The second-order valence-corrected chi connectivity index (χ2v) is 5.09. The quantitative estimate of drug-likeness (QED) is 0.850. The van der Waals surface area contributed by atoms with E-state index in [2.05, 4.69) is 30.4 Å². The molecular weight excluding hydrogens is 200 g/mol. The normalized spacial score (nSPS) is 18.2. The molecule has 0 unspecified atom stereocenters. The van der Waals surface area contributed by atoms with Crippen LogP contribution in [-0.4, -0.2) is 11.2 Å². The van der Waals surface area contributed by atoms with Crippen molar-refractivity contribution in [2.45, 2.75) is 64.5 Å². The van der Waals surface area contributed by atoms with Gasteiger partial charge in [0, 0.05) is 24.6 Å². The van der Waals surface area contributed by atoms with Crippen LogP contribution in [0.5, 0.6) is 0 Å². The van der Waals surface area contributed by atoms with E-state index in [1.165, 1.54) is 32.1 Å². The molecule has 0 radical (unpaired) electrons. The molecule has 3 nitrogen and oxygen atoms in total. The van der Waals surface area contributed by atoms with Crippen LogP contribution < -0.4 is 5.32 Å². The highest BCUT2D eigenvalue weighted by molar-refractivity contribution is 5.08. The summed E-state index contributed by atoms with van der Waals surface area (Å²) in [5, 5.41) is 7.65. The van der Waals surface area contributed by atoms with Crippen molar-refractivity contribution in [2.24, 2.45) is 0 Å². The number of aromatic nitrogens is 1. The van der Waals surface area contributed by atoms with Crippen LogP contribution in [0, 0.1) is 0 Å². The van der Waals surface area contributed by atoms with Crippen molar-refractivity contribution in [3.05, 3.63) is 17.5 Å². The molecule has 0 spiro atoms. The maximum atomic E-state index is 5.28. The van der Waals surface area contributed by atoms with Gasteiger partial charge >= 0.3 is 0 Å². The summed E-state index contributed by atoms with van der Waals surface area (Å²) in [6.45, 7) is 5.10. The fraction of sp³-hybridized carbons (Fsp3) is 0.769. The molecule has 90 valence electrons. The minimum absolute atomic E-state index is 0.427. The Morgan fingerprint density at radius 2 is 2.12 bits per heavy atom. The van der Waals surface area contributed by atoms with Crippen LogP contribution >= 0.6 is 0 Å². The van der Waals surface area contributed by atoms with E-state index < -0.39 is 0 Å². The number of hydrogen-bond donors (Lipinski definition) is 1. The van der Waals surface area contributed by atoms with E-state index in [9.17, 15) is 0 Å². The molecule has 1 saturated carbocycles. The molecular formula is C13H22N2O. The summed E-state index contributed by atoms with van der Waals surface area (Å²) in [6, 6.07) is 2.76. The third-order valence-corrected chi connectivity index (χ3v) is 3.32. The zero-order valence-electron chi connectivity index (χ0n) is 10.3. The van der Waals surface area contributed by atoms with Crippen LogP contribution in [0.2, 0.25) is 0 Å². The van der Waals surface area contributed by atoms with E-state index in [-0.39, 0.29) is 0 Å². The first kappa shape index (κ1) is 11.6. The van der Waals surface area contributed by atoms with Gasteiger partial charge in [-0.25, -0.2) is 0 Å². The Kier molecular flexibility index (Phi) is 3.99. The minimum atomic E-state index is 0.427. The third kappa shape index (κ3) is 3.08. The predicted octanol–water partition coefficient (Wildman–Crippen LogP) is 3.22. The molecule has 16 heavy (non-hydrogen) atoms. The van der Waals surface area contributed by atoms with Gasteiger partial charge in [-0.15, -0.1) is 0 Å². The van der Waals surface area contributed by atoms with Gasteiger partial charge in [0.15, 0.2) is 0 Å². The second kappa shape index (κ2) is 5.48. The topological polar surface area (TPSA) is 38.1 Å². The maximum Gasteiger partial charge on any atom is 0.139 e. The lowest BCUT2D eigenvalue weighted by atomic mass is 9.95. The summed E-state index contributed by atoms with van der Waals surface area (Å²) < 4.78 is 5.28. The molecule has 1 N–H and O–H groups in total. The summed E-state index contributed by atoms with van der Waals surface area (Å²) in [4.78, 5) is 0. The molecule has 1 aromatic rings. The van der Waals surface area contributed by atoms with E-state index in [1.54, 1.807) is 0 Å². The standard InChI is InChI=1S/C13H22N2O/c1-10(2)13-8-12(15-16-13)9-14-11-6-4-3-5-7-11/h8,10-11,14H,3-7,9H2,1-2H3. The van der Waals surface area contributed by atoms with Crippen LogP contribution in [0.25, 0.3) is 0 Å². The molecule has 2 rings (SSSR count). The number of hydrogen-bond acceptors (Lipinski definition) is 3. The van der Waals surface area contributed by atoms with Gasteiger partial charge in [0.05, 0.1) is 5.69 Å². The molecule has 1 aromatic heterocycles. The van der Waals surface area contributed by atoms with E-state index in [4.69, 9.17) is 4.52 Å². The van der Waals surface area contributed by atoms with Crippen molar-refractivity contribution in [3.8, 4) is 0 Å². The van der Waals surface area contributed by atoms with Crippen molar-refractivity contribution in [2.75, 3.05) is 0 Å². The van der Waals surface area contributed by atoms with E-state index in [0.29, 0.717) is 12.0 Å². The first-order valence-corrected chi connectivity index (χ1v) is 6.44.